The lowest BCUT2D eigenvalue weighted by Gasteiger charge is -2.40. The molecule has 1 heterocycles. The molecule has 2 atom stereocenters. The number of urea groups is 1. The first kappa shape index (κ1) is 19.2. The van der Waals surface area contributed by atoms with E-state index in [1.54, 1.807) is 0 Å². The monoisotopic (exact) mass is 379 g/mol. The zero-order valence-electron chi connectivity index (χ0n) is 15.6. The maximum atomic E-state index is 12.4. The third-order valence-electron chi connectivity index (χ3n) is 5.47. The fourth-order valence-corrected chi connectivity index (χ4v) is 4.42. The zero-order valence-corrected chi connectivity index (χ0v) is 16.4. The topological polar surface area (TPSA) is 78.5 Å². The van der Waals surface area contributed by atoms with Crippen LogP contribution in [0.15, 0.2) is 24.3 Å². The highest BCUT2D eigenvalue weighted by molar-refractivity contribution is 7.88. The van der Waals surface area contributed by atoms with Gasteiger partial charge in [0.1, 0.15) is 0 Å². The minimum atomic E-state index is -3.19. The lowest BCUT2D eigenvalue weighted by molar-refractivity contribution is 0.116. The number of aryl methyl sites for hydroxylation is 1. The Labute approximate surface area is 156 Å². The number of likely N-dealkylation sites (tertiary alicyclic amines) is 1. The molecular weight excluding hydrogens is 350 g/mol. The van der Waals surface area contributed by atoms with E-state index in [9.17, 15) is 13.2 Å². The number of rotatable bonds is 6. The molecule has 2 amide bonds. The van der Waals surface area contributed by atoms with Gasteiger partial charge in [0.25, 0.3) is 0 Å². The number of hydrogen-bond acceptors (Lipinski definition) is 3. The second-order valence-electron chi connectivity index (χ2n) is 7.83. The molecule has 0 aromatic heterocycles. The average molecular weight is 380 g/mol. The van der Waals surface area contributed by atoms with Crippen LogP contribution in [0, 0.1) is 18.8 Å². The van der Waals surface area contributed by atoms with Crippen molar-refractivity contribution in [2.24, 2.45) is 11.8 Å². The predicted molar refractivity (Wildman–Crippen MR) is 102 cm³/mol. The van der Waals surface area contributed by atoms with Gasteiger partial charge in [-0.3, -0.25) is 0 Å². The van der Waals surface area contributed by atoms with Gasteiger partial charge in [0, 0.05) is 25.7 Å². The Kier molecular flexibility index (Phi) is 5.87. The van der Waals surface area contributed by atoms with E-state index in [0.717, 1.165) is 38.8 Å². The maximum Gasteiger partial charge on any atom is 0.317 e. The van der Waals surface area contributed by atoms with Crippen molar-refractivity contribution in [3.05, 3.63) is 35.4 Å². The molecule has 2 aliphatic rings. The quantitative estimate of drug-likeness (QED) is 0.792. The van der Waals surface area contributed by atoms with Gasteiger partial charge in [-0.05, 0) is 43.6 Å². The SMILES string of the molecule is Cc1ccc(CC2CN(C(=O)NC3CCCC3CNS(C)(=O)=O)C2)cc1. The summed E-state index contributed by atoms with van der Waals surface area (Å²) < 4.78 is 25.1. The Hall–Kier alpha value is -1.60. The van der Waals surface area contributed by atoms with Gasteiger partial charge in [0.15, 0.2) is 0 Å². The van der Waals surface area contributed by atoms with Gasteiger partial charge in [0.05, 0.1) is 6.26 Å². The van der Waals surface area contributed by atoms with Crippen LogP contribution in [0.3, 0.4) is 0 Å². The van der Waals surface area contributed by atoms with Crippen LogP contribution in [0.25, 0.3) is 0 Å². The van der Waals surface area contributed by atoms with Gasteiger partial charge in [0.2, 0.25) is 10.0 Å². The summed E-state index contributed by atoms with van der Waals surface area (Å²) in [4.78, 5) is 14.3. The van der Waals surface area contributed by atoms with Gasteiger partial charge in [-0.1, -0.05) is 36.2 Å². The second-order valence-corrected chi connectivity index (χ2v) is 9.66. The van der Waals surface area contributed by atoms with E-state index in [2.05, 4.69) is 41.2 Å². The Balaban J connectivity index is 1.42. The van der Waals surface area contributed by atoms with Crippen molar-refractivity contribution < 1.29 is 13.2 Å². The lowest BCUT2D eigenvalue weighted by Crippen LogP contribution is -2.56. The Bertz CT molecular complexity index is 727. The standard InChI is InChI=1S/C19H29N3O3S/c1-14-6-8-15(9-7-14)10-16-12-22(13-16)19(23)21-18-5-3-4-17(18)11-20-26(2,24)25/h6-9,16-18,20H,3-5,10-13H2,1-2H3,(H,21,23). The summed E-state index contributed by atoms with van der Waals surface area (Å²) in [5, 5.41) is 3.11. The molecule has 1 aliphatic heterocycles. The number of nitrogens with zero attached hydrogens (tertiary/aromatic N) is 1. The first-order valence-corrected chi connectivity index (χ1v) is 11.2. The van der Waals surface area contributed by atoms with Gasteiger partial charge in [-0.25, -0.2) is 17.9 Å². The number of nitrogens with one attached hydrogen (secondary N) is 2. The molecule has 2 unspecified atom stereocenters. The molecule has 144 valence electrons. The van der Waals surface area contributed by atoms with E-state index in [-0.39, 0.29) is 18.0 Å². The molecule has 0 bridgehead atoms. The van der Waals surface area contributed by atoms with Crippen LogP contribution in [0.5, 0.6) is 0 Å². The van der Waals surface area contributed by atoms with Gasteiger partial charge in [-0.2, -0.15) is 0 Å². The second kappa shape index (κ2) is 7.96. The first-order valence-electron chi connectivity index (χ1n) is 9.36. The molecule has 3 rings (SSSR count). The number of benzene rings is 1. The molecule has 6 nitrogen and oxygen atoms in total. The summed E-state index contributed by atoms with van der Waals surface area (Å²) in [6.45, 7) is 4.07. The van der Waals surface area contributed by atoms with Crippen molar-refractivity contribution in [1.82, 2.24) is 14.9 Å². The van der Waals surface area contributed by atoms with E-state index in [0.29, 0.717) is 12.5 Å². The highest BCUT2D eigenvalue weighted by atomic mass is 32.2. The predicted octanol–water partition coefficient (Wildman–Crippen LogP) is 1.90. The Morgan fingerprint density at radius 1 is 1.19 bits per heavy atom. The molecule has 1 saturated carbocycles. The summed E-state index contributed by atoms with van der Waals surface area (Å²) >= 11 is 0. The van der Waals surface area contributed by atoms with Crippen LogP contribution >= 0.6 is 0 Å². The number of carbonyl (C=O) groups excluding carboxylic acids is 1. The molecule has 7 heteroatoms. The Morgan fingerprint density at radius 2 is 1.88 bits per heavy atom. The van der Waals surface area contributed by atoms with E-state index in [1.165, 1.54) is 17.4 Å². The summed E-state index contributed by atoms with van der Waals surface area (Å²) in [6, 6.07) is 8.63. The molecule has 0 spiro atoms. The van der Waals surface area contributed by atoms with Gasteiger partial charge < -0.3 is 10.2 Å². The smallest absolute Gasteiger partial charge is 0.317 e. The van der Waals surface area contributed by atoms with Gasteiger partial charge >= 0.3 is 6.03 Å². The van der Waals surface area contributed by atoms with Crippen LogP contribution in [0.1, 0.15) is 30.4 Å². The van der Waals surface area contributed by atoms with Crippen molar-refractivity contribution in [2.75, 3.05) is 25.9 Å². The fourth-order valence-electron chi connectivity index (χ4n) is 3.90. The van der Waals surface area contributed by atoms with Crippen LogP contribution in [0.4, 0.5) is 4.79 Å². The average Bonchev–Trinajstić information content (AvgIpc) is 2.96. The fraction of sp³-hybridized carbons (Fsp3) is 0.632. The van der Waals surface area contributed by atoms with E-state index in [4.69, 9.17) is 0 Å². The number of carbonyl (C=O) groups is 1. The van der Waals surface area contributed by atoms with Crippen molar-refractivity contribution in [3.8, 4) is 0 Å². The summed E-state index contributed by atoms with van der Waals surface area (Å²) in [5.41, 5.74) is 2.59. The number of sulfonamides is 1. The molecule has 2 fully saturated rings. The number of amides is 2. The third kappa shape index (κ3) is 5.20. The van der Waals surface area contributed by atoms with Crippen LogP contribution in [-0.2, 0) is 16.4 Å². The van der Waals surface area contributed by atoms with Crippen molar-refractivity contribution in [2.45, 2.75) is 38.6 Å². The number of hydrogen-bond donors (Lipinski definition) is 2. The molecule has 1 aromatic rings. The van der Waals surface area contributed by atoms with Crippen LogP contribution in [0.2, 0.25) is 0 Å². The summed E-state index contributed by atoms with van der Waals surface area (Å²) in [5.74, 6) is 0.702. The molecule has 1 aliphatic carbocycles. The molecule has 0 radical (unpaired) electrons. The molecule has 2 N–H and O–H groups in total. The largest absolute Gasteiger partial charge is 0.335 e. The maximum absolute atomic E-state index is 12.4. The molecule has 1 aromatic carbocycles. The lowest BCUT2D eigenvalue weighted by atomic mass is 9.92. The van der Waals surface area contributed by atoms with E-state index in [1.807, 2.05) is 4.90 Å². The minimum Gasteiger partial charge on any atom is -0.335 e. The highest BCUT2D eigenvalue weighted by Gasteiger charge is 2.34. The third-order valence-corrected chi connectivity index (χ3v) is 6.16. The summed E-state index contributed by atoms with van der Waals surface area (Å²) in [7, 11) is -3.19. The van der Waals surface area contributed by atoms with Crippen LogP contribution in [-0.4, -0.2) is 51.3 Å². The van der Waals surface area contributed by atoms with Gasteiger partial charge in [-0.15, -0.1) is 0 Å². The molecular formula is C19H29N3O3S. The van der Waals surface area contributed by atoms with Crippen molar-refractivity contribution in [1.29, 1.82) is 0 Å². The van der Waals surface area contributed by atoms with Crippen molar-refractivity contribution in [3.63, 3.8) is 0 Å². The highest BCUT2D eigenvalue weighted by Crippen LogP contribution is 2.26. The minimum absolute atomic E-state index is 0.0126. The summed E-state index contributed by atoms with van der Waals surface area (Å²) in [6.07, 6.45) is 5.07. The molecule has 26 heavy (non-hydrogen) atoms. The normalized spacial score (nSPS) is 23.7. The van der Waals surface area contributed by atoms with E-state index < -0.39 is 10.0 Å². The van der Waals surface area contributed by atoms with Crippen molar-refractivity contribution >= 4 is 16.1 Å². The first-order chi connectivity index (χ1) is 12.3. The van der Waals surface area contributed by atoms with E-state index >= 15 is 0 Å². The van der Waals surface area contributed by atoms with Crippen LogP contribution < -0.4 is 10.0 Å². The zero-order chi connectivity index (χ0) is 18.7. The molecule has 1 saturated heterocycles. The Morgan fingerprint density at radius 3 is 2.54 bits per heavy atom.